The number of benzene rings is 1. The molecular formula is C23H30N2O3. The molecule has 0 aromatic heterocycles. The maximum atomic E-state index is 12.9. The summed E-state index contributed by atoms with van der Waals surface area (Å²) in [5.41, 5.74) is 7.56. The Balaban J connectivity index is 1.27. The maximum Gasteiger partial charge on any atom is 0.244 e. The second-order valence-electron chi connectivity index (χ2n) is 9.44. The minimum Gasteiger partial charge on any atom is -0.294 e. The molecule has 0 saturated heterocycles. The fourth-order valence-corrected chi connectivity index (χ4v) is 6.11. The molecule has 4 fully saturated rings. The Morgan fingerprint density at radius 3 is 2.14 bits per heavy atom. The maximum absolute atomic E-state index is 12.9. The quantitative estimate of drug-likeness (QED) is 0.603. The van der Waals surface area contributed by atoms with Gasteiger partial charge in [0.1, 0.15) is 0 Å². The number of hydrazine groups is 1. The Labute approximate surface area is 166 Å². The summed E-state index contributed by atoms with van der Waals surface area (Å²) in [5.74, 6) is 1.68. The van der Waals surface area contributed by atoms with Gasteiger partial charge in [0, 0.05) is 18.4 Å². The number of amides is 2. The standard InChI is InChI=1S/C23H30N2O3/c1-14-3-4-15(2)19(7-14)20(26)5-6-21(27)24-25-22(28)23-11-16-8-17(12-23)10-18(9-16)13-23/h3-4,7,16-18H,5-6,8-13H2,1-2H3,(H,24,27)(H,25,28). The van der Waals surface area contributed by atoms with Crippen molar-refractivity contribution in [2.45, 2.75) is 65.2 Å². The van der Waals surface area contributed by atoms with Gasteiger partial charge in [-0.3, -0.25) is 25.2 Å². The van der Waals surface area contributed by atoms with E-state index in [0.29, 0.717) is 23.3 Å². The molecule has 0 radical (unpaired) electrons. The SMILES string of the molecule is Cc1ccc(C)c(C(=O)CCC(=O)NNC(=O)C23CC4CC(CC(C4)C2)C3)c1. The van der Waals surface area contributed by atoms with Crippen LogP contribution in [0.3, 0.4) is 0 Å². The zero-order valence-electron chi connectivity index (χ0n) is 16.8. The Hall–Kier alpha value is -2.17. The highest BCUT2D eigenvalue weighted by Crippen LogP contribution is 2.60. The fourth-order valence-electron chi connectivity index (χ4n) is 6.11. The van der Waals surface area contributed by atoms with Gasteiger partial charge in [0.2, 0.25) is 11.8 Å². The average Bonchev–Trinajstić information content (AvgIpc) is 2.65. The number of aryl methyl sites for hydroxylation is 2. The van der Waals surface area contributed by atoms with Crippen molar-refractivity contribution in [1.29, 1.82) is 0 Å². The zero-order valence-corrected chi connectivity index (χ0v) is 16.8. The van der Waals surface area contributed by atoms with Crippen molar-refractivity contribution >= 4 is 17.6 Å². The topological polar surface area (TPSA) is 75.3 Å². The molecule has 4 bridgehead atoms. The van der Waals surface area contributed by atoms with Crippen LogP contribution in [-0.4, -0.2) is 17.6 Å². The van der Waals surface area contributed by atoms with Crippen LogP contribution in [-0.2, 0) is 9.59 Å². The zero-order chi connectivity index (χ0) is 19.9. The van der Waals surface area contributed by atoms with E-state index in [1.807, 2.05) is 32.0 Å². The summed E-state index contributed by atoms with van der Waals surface area (Å²) in [7, 11) is 0. The van der Waals surface area contributed by atoms with Gasteiger partial charge in [0.05, 0.1) is 5.41 Å². The normalized spacial score (nSPS) is 30.1. The summed E-state index contributed by atoms with van der Waals surface area (Å²) in [6.45, 7) is 3.85. The monoisotopic (exact) mass is 382 g/mol. The summed E-state index contributed by atoms with van der Waals surface area (Å²) in [5, 5.41) is 0. The highest BCUT2D eigenvalue weighted by molar-refractivity contribution is 5.99. The molecule has 0 aliphatic heterocycles. The molecule has 0 spiro atoms. The molecule has 4 aliphatic rings. The summed E-state index contributed by atoms with van der Waals surface area (Å²) in [6, 6.07) is 5.76. The van der Waals surface area contributed by atoms with Crippen LogP contribution in [0.5, 0.6) is 0 Å². The minimum absolute atomic E-state index is 0.0270. The Bertz CT molecular complexity index is 779. The molecule has 0 atom stereocenters. The summed E-state index contributed by atoms with van der Waals surface area (Å²) < 4.78 is 0. The van der Waals surface area contributed by atoms with Crippen molar-refractivity contribution in [3.8, 4) is 0 Å². The summed E-state index contributed by atoms with van der Waals surface area (Å²) in [6.07, 6.45) is 6.94. The van der Waals surface area contributed by atoms with Crippen molar-refractivity contribution in [2.24, 2.45) is 23.2 Å². The lowest BCUT2D eigenvalue weighted by Gasteiger charge is -2.55. The predicted molar refractivity (Wildman–Crippen MR) is 106 cm³/mol. The van der Waals surface area contributed by atoms with Gasteiger partial charge in [0.25, 0.3) is 0 Å². The van der Waals surface area contributed by atoms with Crippen molar-refractivity contribution in [2.75, 3.05) is 0 Å². The van der Waals surface area contributed by atoms with Crippen LogP contribution in [0.25, 0.3) is 0 Å². The lowest BCUT2D eigenvalue weighted by molar-refractivity contribution is -0.148. The second-order valence-corrected chi connectivity index (χ2v) is 9.44. The molecule has 5 rings (SSSR count). The molecule has 1 aromatic rings. The number of hydrogen-bond donors (Lipinski definition) is 2. The van der Waals surface area contributed by atoms with Gasteiger partial charge in [-0.2, -0.15) is 0 Å². The predicted octanol–water partition coefficient (Wildman–Crippen LogP) is 3.63. The van der Waals surface area contributed by atoms with Crippen molar-refractivity contribution in [3.05, 3.63) is 34.9 Å². The van der Waals surface area contributed by atoms with Crippen LogP contribution in [0.2, 0.25) is 0 Å². The van der Waals surface area contributed by atoms with E-state index in [2.05, 4.69) is 10.9 Å². The fraction of sp³-hybridized carbons (Fsp3) is 0.609. The van der Waals surface area contributed by atoms with E-state index in [1.165, 1.54) is 19.3 Å². The van der Waals surface area contributed by atoms with Crippen LogP contribution in [0.15, 0.2) is 18.2 Å². The first-order valence-electron chi connectivity index (χ1n) is 10.5. The highest BCUT2D eigenvalue weighted by Gasteiger charge is 2.54. The number of nitrogens with one attached hydrogen (secondary N) is 2. The smallest absolute Gasteiger partial charge is 0.244 e. The number of rotatable bonds is 5. The molecular weight excluding hydrogens is 352 g/mol. The molecule has 28 heavy (non-hydrogen) atoms. The molecule has 5 heteroatoms. The van der Waals surface area contributed by atoms with Crippen LogP contribution in [0.4, 0.5) is 0 Å². The Morgan fingerprint density at radius 1 is 0.929 bits per heavy atom. The van der Waals surface area contributed by atoms with Crippen LogP contribution in [0, 0.1) is 37.0 Å². The molecule has 2 N–H and O–H groups in total. The largest absolute Gasteiger partial charge is 0.294 e. The average molecular weight is 383 g/mol. The number of hydrogen-bond acceptors (Lipinski definition) is 3. The summed E-state index contributed by atoms with van der Waals surface area (Å²) >= 11 is 0. The number of carbonyl (C=O) groups is 3. The first-order valence-corrected chi connectivity index (χ1v) is 10.5. The molecule has 1 aromatic carbocycles. The second kappa shape index (κ2) is 7.34. The van der Waals surface area contributed by atoms with Crippen molar-refractivity contribution in [1.82, 2.24) is 10.9 Å². The van der Waals surface area contributed by atoms with Crippen LogP contribution >= 0.6 is 0 Å². The van der Waals surface area contributed by atoms with Gasteiger partial charge in [0.15, 0.2) is 5.78 Å². The lowest BCUT2D eigenvalue weighted by atomic mass is 9.49. The minimum atomic E-state index is -0.309. The molecule has 2 amide bonds. The van der Waals surface area contributed by atoms with E-state index in [4.69, 9.17) is 0 Å². The lowest BCUT2D eigenvalue weighted by Crippen LogP contribution is -2.56. The Morgan fingerprint density at radius 2 is 1.54 bits per heavy atom. The summed E-state index contributed by atoms with van der Waals surface area (Å²) in [4.78, 5) is 37.5. The van der Waals surface area contributed by atoms with Gasteiger partial charge in [-0.1, -0.05) is 17.7 Å². The third-order valence-electron chi connectivity index (χ3n) is 7.11. The Kier molecular flexibility index (Phi) is 5.02. The molecule has 5 nitrogen and oxygen atoms in total. The van der Waals surface area contributed by atoms with Crippen molar-refractivity contribution < 1.29 is 14.4 Å². The van der Waals surface area contributed by atoms with E-state index in [-0.39, 0.29) is 35.9 Å². The molecule has 4 saturated carbocycles. The molecule has 0 unspecified atom stereocenters. The third-order valence-corrected chi connectivity index (χ3v) is 7.11. The third kappa shape index (κ3) is 3.71. The first kappa shape index (κ1) is 19.2. The first-order chi connectivity index (χ1) is 13.3. The number of carbonyl (C=O) groups excluding carboxylic acids is 3. The van der Waals surface area contributed by atoms with Gasteiger partial charge in [-0.05, 0) is 81.8 Å². The van der Waals surface area contributed by atoms with Crippen LogP contribution in [0.1, 0.15) is 72.9 Å². The van der Waals surface area contributed by atoms with E-state index < -0.39 is 0 Å². The van der Waals surface area contributed by atoms with E-state index in [1.54, 1.807) is 0 Å². The van der Waals surface area contributed by atoms with Crippen molar-refractivity contribution in [3.63, 3.8) is 0 Å². The van der Waals surface area contributed by atoms with E-state index >= 15 is 0 Å². The number of Topliss-reactive ketones (excluding diaryl/α,β-unsaturated/α-hetero) is 1. The van der Waals surface area contributed by atoms with Gasteiger partial charge < -0.3 is 0 Å². The molecule has 4 aliphatic carbocycles. The molecule has 150 valence electrons. The van der Waals surface area contributed by atoms with Gasteiger partial charge in [-0.25, -0.2) is 0 Å². The van der Waals surface area contributed by atoms with E-state index in [0.717, 1.165) is 30.4 Å². The van der Waals surface area contributed by atoms with Gasteiger partial charge in [-0.15, -0.1) is 0 Å². The van der Waals surface area contributed by atoms with Gasteiger partial charge >= 0.3 is 0 Å². The number of ketones is 1. The van der Waals surface area contributed by atoms with E-state index in [9.17, 15) is 14.4 Å². The molecule has 0 heterocycles. The van der Waals surface area contributed by atoms with Crippen LogP contribution < -0.4 is 10.9 Å². The highest BCUT2D eigenvalue weighted by atomic mass is 16.2.